The maximum Gasteiger partial charge on any atom is 0.249 e. The summed E-state index contributed by atoms with van der Waals surface area (Å²) in [4.78, 5) is 31.5. The number of amides is 2. The lowest BCUT2D eigenvalue weighted by molar-refractivity contribution is -0.127. The van der Waals surface area contributed by atoms with Crippen molar-refractivity contribution >= 4 is 28.3 Å². The van der Waals surface area contributed by atoms with Crippen LogP contribution in [-0.2, 0) is 16.1 Å². The number of nitrogens with one attached hydrogen (secondary N) is 2. The minimum atomic E-state index is -0.240. The van der Waals surface area contributed by atoms with Gasteiger partial charge in [0.2, 0.25) is 11.8 Å². The Morgan fingerprint density at radius 3 is 2.65 bits per heavy atom. The van der Waals surface area contributed by atoms with Gasteiger partial charge in [-0.15, -0.1) is 11.3 Å². The minimum absolute atomic E-state index is 0.150. The standard InChI is InChI=1S/C19H28N4O2S/c1-2-17(24)22-19-20-12-16(26-19)13-23-10-8-14(9-11-23)18(25)21-15-6-4-3-5-7-15/h2,12,14-15H,1,3-11,13H2,(H,21,25)(H,20,22,24). The molecule has 0 unspecified atom stereocenters. The molecule has 3 rings (SSSR count). The number of likely N-dealkylation sites (tertiary alicyclic amines) is 1. The van der Waals surface area contributed by atoms with Crippen molar-refractivity contribution in [1.82, 2.24) is 15.2 Å². The van der Waals surface area contributed by atoms with Crippen LogP contribution in [0.2, 0.25) is 0 Å². The van der Waals surface area contributed by atoms with Gasteiger partial charge < -0.3 is 5.32 Å². The van der Waals surface area contributed by atoms with E-state index in [9.17, 15) is 9.59 Å². The first-order chi connectivity index (χ1) is 12.6. The Bertz CT molecular complexity index is 631. The van der Waals surface area contributed by atoms with Gasteiger partial charge in [0.1, 0.15) is 0 Å². The van der Waals surface area contributed by atoms with Crippen LogP contribution in [0.3, 0.4) is 0 Å². The lowest BCUT2D eigenvalue weighted by Crippen LogP contribution is -2.44. The summed E-state index contributed by atoms with van der Waals surface area (Å²) in [7, 11) is 0. The summed E-state index contributed by atoms with van der Waals surface area (Å²) in [5.41, 5.74) is 0. The fraction of sp³-hybridized carbons (Fsp3) is 0.632. The van der Waals surface area contributed by atoms with E-state index < -0.39 is 0 Å². The van der Waals surface area contributed by atoms with Crippen molar-refractivity contribution in [3.63, 3.8) is 0 Å². The molecular formula is C19H28N4O2S. The normalized spacial score (nSPS) is 19.8. The van der Waals surface area contributed by atoms with Crippen LogP contribution in [0.15, 0.2) is 18.9 Å². The lowest BCUT2D eigenvalue weighted by atomic mass is 9.92. The van der Waals surface area contributed by atoms with E-state index in [1.807, 2.05) is 6.20 Å². The predicted octanol–water partition coefficient (Wildman–Crippen LogP) is 2.93. The summed E-state index contributed by atoms with van der Waals surface area (Å²) in [6.07, 6.45) is 11.0. The molecule has 0 bridgehead atoms. The van der Waals surface area contributed by atoms with Gasteiger partial charge in [-0.1, -0.05) is 25.8 Å². The number of aromatic nitrogens is 1. The average Bonchev–Trinajstić information content (AvgIpc) is 3.09. The summed E-state index contributed by atoms with van der Waals surface area (Å²) in [5, 5.41) is 6.56. The number of carbonyl (C=O) groups is 2. The summed E-state index contributed by atoms with van der Waals surface area (Å²) in [6, 6.07) is 0.399. The molecular weight excluding hydrogens is 348 g/mol. The molecule has 0 spiro atoms. The molecule has 142 valence electrons. The van der Waals surface area contributed by atoms with E-state index in [0.29, 0.717) is 11.2 Å². The van der Waals surface area contributed by atoms with Gasteiger partial charge in [0.15, 0.2) is 5.13 Å². The van der Waals surface area contributed by atoms with Gasteiger partial charge in [-0.05, 0) is 44.8 Å². The molecule has 1 aromatic rings. The van der Waals surface area contributed by atoms with Crippen molar-refractivity contribution in [2.24, 2.45) is 5.92 Å². The van der Waals surface area contributed by atoms with Crippen LogP contribution in [0.1, 0.15) is 49.8 Å². The highest BCUT2D eigenvalue weighted by Crippen LogP contribution is 2.24. The summed E-state index contributed by atoms with van der Waals surface area (Å²) >= 11 is 1.49. The van der Waals surface area contributed by atoms with E-state index >= 15 is 0 Å². The third kappa shape index (κ3) is 5.38. The Kier molecular flexibility index (Phi) is 6.80. The highest BCUT2D eigenvalue weighted by molar-refractivity contribution is 7.15. The SMILES string of the molecule is C=CC(=O)Nc1ncc(CN2CCC(C(=O)NC3CCCCC3)CC2)s1. The lowest BCUT2D eigenvalue weighted by Gasteiger charge is -2.32. The highest BCUT2D eigenvalue weighted by Gasteiger charge is 2.27. The van der Waals surface area contributed by atoms with Gasteiger partial charge in [-0.25, -0.2) is 4.98 Å². The molecule has 1 aliphatic heterocycles. The zero-order chi connectivity index (χ0) is 18.4. The molecule has 7 heteroatoms. The van der Waals surface area contributed by atoms with E-state index in [-0.39, 0.29) is 17.7 Å². The van der Waals surface area contributed by atoms with Crippen LogP contribution in [-0.4, -0.2) is 40.8 Å². The topological polar surface area (TPSA) is 74.3 Å². The summed E-state index contributed by atoms with van der Waals surface area (Å²) in [6.45, 7) is 6.11. The van der Waals surface area contributed by atoms with Crippen LogP contribution in [0.5, 0.6) is 0 Å². The number of thiazole rings is 1. The smallest absolute Gasteiger partial charge is 0.249 e. The monoisotopic (exact) mass is 376 g/mol. The van der Waals surface area contributed by atoms with Crippen molar-refractivity contribution in [3.8, 4) is 0 Å². The molecule has 26 heavy (non-hydrogen) atoms. The molecule has 1 saturated carbocycles. The molecule has 2 fully saturated rings. The summed E-state index contributed by atoms with van der Waals surface area (Å²) < 4.78 is 0. The Balaban J connectivity index is 1.41. The van der Waals surface area contributed by atoms with Crippen LogP contribution in [0.25, 0.3) is 0 Å². The maximum atomic E-state index is 12.5. The Labute approximate surface area is 159 Å². The molecule has 0 radical (unpaired) electrons. The predicted molar refractivity (Wildman–Crippen MR) is 104 cm³/mol. The number of rotatable bonds is 6. The molecule has 2 amide bonds. The van der Waals surface area contributed by atoms with Crippen molar-refractivity contribution in [1.29, 1.82) is 0 Å². The van der Waals surface area contributed by atoms with Gasteiger partial charge >= 0.3 is 0 Å². The van der Waals surface area contributed by atoms with Crippen molar-refractivity contribution in [2.75, 3.05) is 18.4 Å². The van der Waals surface area contributed by atoms with Crippen molar-refractivity contribution < 1.29 is 9.59 Å². The second-order valence-electron chi connectivity index (χ2n) is 7.22. The summed E-state index contributed by atoms with van der Waals surface area (Å²) in [5.74, 6) is 0.163. The number of hydrogen-bond acceptors (Lipinski definition) is 5. The number of piperidine rings is 1. The van der Waals surface area contributed by atoms with Gasteiger partial charge in [0, 0.05) is 29.6 Å². The molecule has 2 N–H and O–H groups in total. The number of carbonyl (C=O) groups excluding carboxylic acids is 2. The van der Waals surface area contributed by atoms with E-state index in [1.54, 1.807) is 0 Å². The maximum absolute atomic E-state index is 12.5. The van der Waals surface area contributed by atoms with Crippen molar-refractivity contribution in [2.45, 2.75) is 57.5 Å². The molecule has 6 nitrogen and oxygen atoms in total. The largest absolute Gasteiger partial charge is 0.353 e. The van der Waals surface area contributed by atoms with E-state index in [0.717, 1.165) is 50.2 Å². The second kappa shape index (κ2) is 9.28. The second-order valence-corrected chi connectivity index (χ2v) is 8.33. The van der Waals surface area contributed by atoms with Crippen LogP contribution >= 0.6 is 11.3 Å². The van der Waals surface area contributed by atoms with Crippen LogP contribution in [0, 0.1) is 5.92 Å². The zero-order valence-electron chi connectivity index (χ0n) is 15.2. The van der Waals surface area contributed by atoms with Crippen LogP contribution < -0.4 is 10.6 Å². The van der Waals surface area contributed by atoms with E-state index in [1.165, 1.54) is 36.7 Å². The van der Waals surface area contributed by atoms with Gasteiger partial charge in [0.05, 0.1) is 0 Å². The van der Waals surface area contributed by atoms with Gasteiger partial charge in [-0.3, -0.25) is 19.8 Å². The molecule has 2 heterocycles. The first-order valence-corrected chi connectivity index (χ1v) is 10.4. The third-order valence-corrected chi connectivity index (χ3v) is 6.16. The quantitative estimate of drug-likeness (QED) is 0.749. The average molecular weight is 377 g/mol. The third-order valence-electron chi connectivity index (χ3n) is 5.26. The van der Waals surface area contributed by atoms with Gasteiger partial charge in [0.25, 0.3) is 0 Å². The van der Waals surface area contributed by atoms with E-state index in [2.05, 4.69) is 27.1 Å². The van der Waals surface area contributed by atoms with Crippen molar-refractivity contribution in [3.05, 3.63) is 23.7 Å². The van der Waals surface area contributed by atoms with Crippen LogP contribution in [0.4, 0.5) is 5.13 Å². The Hall–Kier alpha value is -1.73. The minimum Gasteiger partial charge on any atom is -0.353 e. The number of anilines is 1. The zero-order valence-corrected chi connectivity index (χ0v) is 16.0. The van der Waals surface area contributed by atoms with Gasteiger partial charge in [-0.2, -0.15) is 0 Å². The molecule has 1 aliphatic carbocycles. The first kappa shape index (κ1) is 19.0. The molecule has 0 aromatic carbocycles. The number of hydrogen-bond donors (Lipinski definition) is 2. The fourth-order valence-corrected chi connectivity index (χ4v) is 4.59. The highest BCUT2D eigenvalue weighted by atomic mass is 32.1. The molecule has 1 aromatic heterocycles. The fourth-order valence-electron chi connectivity index (χ4n) is 3.73. The molecule has 0 atom stereocenters. The first-order valence-electron chi connectivity index (χ1n) is 9.55. The Morgan fingerprint density at radius 1 is 1.23 bits per heavy atom. The van der Waals surface area contributed by atoms with E-state index in [4.69, 9.17) is 0 Å². The number of nitrogens with zero attached hydrogens (tertiary/aromatic N) is 2. The molecule has 1 saturated heterocycles. The Morgan fingerprint density at radius 2 is 1.96 bits per heavy atom. The molecule has 2 aliphatic rings.